The van der Waals surface area contributed by atoms with Gasteiger partial charge in [0, 0.05) is 27.6 Å². The highest BCUT2D eigenvalue weighted by Gasteiger charge is 2.04. The van der Waals surface area contributed by atoms with E-state index in [1.54, 1.807) is 24.3 Å². The van der Waals surface area contributed by atoms with Gasteiger partial charge in [-0.05, 0) is 65.1 Å². The van der Waals surface area contributed by atoms with Crippen molar-refractivity contribution in [3.05, 3.63) is 52.1 Å². The molecular weight excluding hydrogens is 393 g/mol. The van der Waals surface area contributed by atoms with Crippen molar-refractivity contribution in [1.82, 2.24) is 0 Å². The largest absolute Gasteiger partial charge is 0.376 e. The van der Waals surface area contributed by atoms with Gasteiger partial charge in [-0.1, -0.05) is 6.07 Å². The minimum Gasteiger partial charge on any atom is -0.376 e. The second-order valence-corrected chi connectivity index (χ2v) is 5.92. The Morgan fingerprint density at radius 3 is 2.23 bits per heavy atom. The Balaban J connectivity index is 1.89. The highest BCUT2D eigenvalue weighted by Crippen LogP contribution is 2.15. The van der Waals surface area contributed by atoms with Crippen molar-refractivity contribution in [2.24, 2.45) is 0 Å². The number of carbonyl (C=O) groups excluding carboxylic acids is 2. The molecule has 6 heteroatoms. The number of rotatable bonds is 5. The molecule has 0 saturated heterocycles. The third kappa shape index (κ3) is 5.36. The van der Waals surface area contributed by atoms with Crippen LogP contribution >= 0.6 is 22.6 Å². The molecule has 0 aliphatic rings. The van der Waals surface area contributed by atoms with Gasteiger partial charge in [-0.3, -0.25) is 9.59 Å². The predicted molar refractivity (Wildman–Crippen MR) is 97.0 cm³/mol. The van der Waals surface area contributed by atoms with Crippen LogP contribution in [0.5, 0.6) is 0 Å². The third-order valence-electron chi connectivity index (χ3n) is 2.76. The van der Waals surface area contributed by atoms with Crippen LogP contribution in [-0.2, 0) is 9.59 Å². The van der Waals surface area contributed by atoms with Crippen molar-refractivity contribution >= 4 is 51.5 Å². The van der Waals surface area contributed by atoms with Crippen molar-refractivity contribution in [2.75, 3.05) is 22.5 Å². The minimum atomic E-state index is -0.154. The first-order chi connectivity index (χ1) is 10.5. The van der Waals surface area contributed by atoms with Gasteiger partial charge in [0.1, 0.15) is 0 Å². The summed E-state index contributed by atoms with van der Waals surface area (Å²) in [6, 6.07) is 14.8. The molecule has 5 nitrogen and oxygen atoms in total. The summed E-state index contributed by atoms with van der Waals surface area (Å²) < 4.78 is 1.14. The number of amides is 2. The van der Waals surface area contributed by atoms with E-state index in [-0.39, 0.29) is 18.4 Å². The first-order valence-corrected chi connectivity index (χ1v) is 7.78. The Morgan fingerprint density at radius 1 is 0.955 bits per heavy atom. The summed E-state index contributed by atoms with van der Waals surface area (Å²) in [6.45, 7) is 1.61. The average Bonchev–Trinajstić information content (AvgIpc) is 2.46. The molecule has 0 aliphatic heterocycles. The normalized spacial score (nSPS) is 9.91. The van der Waals surface area contributed by atoms with Crippen molar-refractivity contribution in [2.45, 2.75) is 6.92 Å². The smallest absolute Gasteiger partial charge is 0.243 e. The van der Waals surface area contributed by atoms with E-state index in [1.807, 2.05) is 24.3 Å². The number of halogens is 1. The monoisotopic (exact) mass is 409 g/mol. The van der Waals surface area contributed by atoms with Gasteiger partial charge in [-0.15, -0.1) is 0 Å². The lowest BCUT2D eigenvalue weighted by atomic mass is 10.2. The maximum absolute atomic E-state index is 11.9. The fourth-order valence-corrected chi connectivity index (χ4v) is 2.19. The van der Waals surface area contributed by atoms with Crippen LogP contribution in [0.25, 0.3) is 0 Å². The number of hydrogen-bond donors (Lipinski definition) is 3. The highest BCUT2D eigenvalue weighted by molar-refractivity contribution is 14.1. The lowest BCUT2D eigenvalue weighted by molar-refractivity contribution is -0.115. The van der Waals surface area contributed by atoms with Crippen LogP contribution in [0.2, 0.25) is 0 Å². The number of anilines is 3. The van der Waals surface area contributed by atoms with Gasteiger partial charge >= 0.3 is 0 Å². The Morgan fingerprint density at radius 2 is 1.59 bits per heavy atom. The topological polar surface area (TPSA) is 70.2 Å². The summed E-state index contributed by atoms with van der Waals surface area (Å²) in [5, 5.41) is 8.51. The van der Waals surface area contributed by atoms with Crippen LogP contribution in [0, 0.1) is 3.57 Å². The zero-order valence-corrected chi connectivity index (χ0v) is 14.2. The van der Waals surface area contributed by atoms with E-state index < -0.39 is 0 Å². The summed E-state index contributed by atoms with van der Waals surface area (Å²) in [6.07, 6.45) is 0. The summed E-state index contributed by atoms with van der Waals surface area (Å²) in [5.74, 6) is -0.303. The van der Waals surface area contributed by atoms with Crippen LogP contribution in [-0.4, -0.2) is 18.4 Å². The van der Waals surface area contributed by atoms with Crippen LogP contribution in [0.3, 0.4) is 0 Å². The van der Waals surface area contributed by atoms with E-state index in [4.69, 9.17) is 0 Å². The second kappa shape index (κ2) is 7.79. The van der Waals surface area contributed by atoms with E-state index in [1.165, 1.54) is 6.92 Å². The van der Waals surface area contributed by atoms with Crippen LogP contribution in [0.1, 0.15) is 6.92 Å². The molecule has 0 unspecified atom stereocenters. The van der Waals surface area contributed by atoms with Gasteiger partial charge in [0.25, 0.3) is 0 Å². The Kier molecular flexibility index (Phi) is 5.76. The molecule has 0 saturated carbocycles. The Bertz CT molecular complexity index is 671. The van der Waals surface area contributed by atoms with Crippen LogP contribution in [0.4, 0.5) is 17.1 Å². The summed E-state index contributed by atoms with van der Waals surface area (Å²) in [5.41, 5.74) is 2.18. The number of benzene rings is 2. The molecule has 2 aromatic rings. The van der Waals surface area contributed by atoms with E-state index in [2.05, 4.69) is 38.5 Å². The molecule has 0 fully saturated rings. The Labute approximate surface area is 142 Å². The average molecular weight is 409 g/mol. The molecule has 2 aromatic carbocycles. The minimum absolute atomic E-state index is 0.149. The molecule has 0 radical (unpaired) electrons. The zero-order chi connectivity index (χ0) is 15.9. The van der Waals surface area contributed by atoms with Crippen LogP contribution in [0.15, 0.2) is 48.5 Å². The standard InChI is InChI=1S/C16H16IN3O2/c1-11(21)19-14-3-2-4-15(9-14)20-16(22)10-18-13-7-5-12(17)6-8-13/h2-9,18H,10H2,1H3,(H,19,21)(H,20,22). The van der Waals surface area contributed by atoms with Gasteiger partial charge in [-0.2, -0.15) is 0 Å². The van der Waals surface area contributed by atoms with Crippen molar-refractivity contribution in [1.29, 1.82) is 0 Å². The van der Waals surface area contributed by atoms with Crippen LogP contribution < -0.4 is 16.0 Å². The number of carbonyl (C=O) groups is 2. The van der Waals surface area contributed by atoms with Gasteiger partial charge < -0.3 is 16.0 Å². The number of hydrogen-bond acceptors (Lipinski definition) is 3. The van der Waals surface area contributed by atoms with Crippen molar-refractivity contribution < 1.29 is 9.59 Å². The lowest BCUT2D eigenvalue weighted by Gasteiger charge is -2.09. The zero-order valence-electron chi connectivity index (χ0n) is 12.0. The van der Waals surface area contributed by atoms with Crippen molar-refractivity contribution in [3.8, 4) is 0 Å². The molecule has 0 aromatic heterocycles. The van der Waals surface area contributed by atoms with Gasteiger partial charge in [-0.25, -0.2) is 0 Å². The molecule has 2 amide bonds. The molecule has 22 heavy (non-hydrogen) atoms. The maximum atomic E-state index is 11.9. The molecule has 114 valence electrons. The van der Waals surface area contributed by atoms with E-state index in [0.717, 1.165) is 9.26 Å². The SMILES string of the molecule is CC(=O)Nc1cccc(NC(=O)CNc2ccc(I)cc2)c1. The molecule has 0 spiro atoms. The highest BCUT2D eigenvalue weighted by atomic mass is 127. The fraction of sp³-hybridized carbons (Fsp3) is 0.125. The summed E-state index contributed by atoms with van der Waals surface area (Å²) in [7, 11) is 0. The van der Waals surface area contributed by atoms with E-state index >= 15 is 0 Å². The lowest BCUT2D eigenvalue weighted by Crippen LogP contribution is -2.21. The third-order valence-corrected chi connectivity index (χ3v) is 3.48. The molecule has 0 heterocycles. The first kappa shape index (κ1) is 16.3. The van der Waals surface area contributed by atoms with E-state index in [0.29, 0.717) is 11.4 Å². The first-order valence-electron chi connectivity index (χ1n) is 6.70. The quantitative estimate of drug-likeness (QED) is 0.664. The van der Waals surface area contributed by atoms with E-state index in [9.17, 15) is 9.59 Å². The second-order valence-electron chi connectivity index (χ2n) is 4.67. The molecule has 3 N–H and O–H groups in total. The Hall–Kier alpha value is -2.09. The summed E-state index contributed by atoms with van der Waals surface area (Å²) in [4.78, 5) is 22.9. The molecular formula is C16H16IN3O2. The van der Waals surface area contributed by atoms with Gasteiger partial charge in [0.2, 0.25) is 11.8 Å². The predicted octanol–water partition coefficient (Wildman–Crippen LogP) is 3.30. The molecule has 2 rings (SSSR count). The maximum Gasteiger partial charge on any atom is 0.243 e. The molecule has 0 aliphatic carbocycles. The fourth-order valence-electron chi connectivity index (χ4n) is 1.83. The number of nitrogens with one attached hydrogen (secondary N) is 3. The van der Waals surface area contributed by atoms with Crippen molar-refractivity contribution in [3.63, 3.8) is 0 Å². The van der Waals surface area contributed by atoms with Gasteiger partial charge in [0.05, 0.1) is 6.54 Å². The molecule has 0 bridgehead atoms. The summed E-state index contributed by atoms with van der Waals surface area (Å²) >= 11 is 2.23. The molecule has 0 atom stereocenters. The van der Waals surface area contributed by atoms with Gasteiger partial charge in [0.15, 0.2) is 0 Å².